The van der Waals surface area contributed by atoms with Crippen molar-refractivity contribution in [3.05, 3.63) is 87.7 Å². The van der Waals surface area contributed by atoms with Gasteiger partial charge in [-0.3, -0.25) is 19.5 Å². The zero-order chi connectivity index (χ0) is 28.8. The van der Waals surface area contributed by atoms with E-state index in [4.69, 9.17) is 27.9 Å². The maximum atomic E-state index is 13.4. The highest BCUT2D eigenvalue weighted by Crippen LogP contribution is 2.30. The number of carbonyl (C=O) groups is 2. The Labute approximate surface area is 244 Å². The Balaban J connectivity index is 1.59. The van der Waals surface area contributed by atoms with E-state index in [-0.39, 0.29) is 42.9 Å². The van der Waals surface area contributed by atoms with Crippen LogP contribution in [0.1, 0.15) is 35.3 Å². The second kappa shape index (κ2) is 13.5. The summed E-state index contributed by atoms with van der Waals surface area (Å²) in [7, 11) is 2.00. The van der Waals surface area contributed by atoms with E-state index >= 15 is 0 Å². The fraction of sp³-hybridized carbons (Fsp3) is 0.367. The molecule has 2 aromatic carbocycles. The maximum absolute atomic E-state index is 13.4. The fourth-order valence-corrected chi connectivity index (χ4v) is 5.07. The number of hydrogen-bond acceptors (Lipinski definition) is 6. The van der Waals surface area contributed by atoms with Crippen LogP contribution < -0.4 is 10.1 Å². The first kappa shape index (κ1) is 29.8. The van der Waals surface area contributed by atoms with Gasteiger partial charge in [0, 0.05) is 54.8 Å². The monoisotopic (exact) mass is 584 g/mol. The summed E-state index contributed by atoms with van der Waals surface area (Å²) in [5, 5.41) is 13.8. The summed E-state index contributed by atoms with van der Waals surface area (Å²) in [5.74, 6) is 0.170. The second-order valence-corrected chi connectivity index (χ2v) is 11.2. The number of ether oxygens (including phenoxy) is 1. The van der Waals surface area contributed by atoms with Crippen LogP contribution in [-0.2, 0) is 17.8 Å². The third-order valence-electron chi connectivity index (χ3n) is 7.04. The molecule has 3 aromatic rings. The predicted octanol–water partition coefficient (Wildman–Crippen LogP) is 4.92. The van der Waals surface area contributed by atoms with Gasteiger partial charge < -0.3 is 20.1 Å². The number of fused-ring (bicyclic) bond motifs is 1. The molecule has 0 fully saturated rings. The van der Waals surface area contributed by atoms with Crippen molar-refractivity contribution in [1.82, 2.24) is 14.8 Å². The number of likely N-dealkylation sites (N-methyl/N-ethyl adjacent to an activating group) is 1. The lowest BCUT2D eigenvalue weighted by Crippen LogP contribution is -2.47. The van der Waals surface area contributed by atoms with Crippen molar-refractivity contribution in [1.29, 1.82) is 0 Å². The van der Waals surface area contributed by atoms with E-state index in [1.165, 1.54) is 0 Å². The molecule has 212 valence electrons. The molecular weight excluding hydrogens is 551 g/mol. The van der Waals surface area contributed by atoms with Crippen LogP contribution in [-0.4, -0.2) is 70.6 Å². The summed E-state index contributed by atoms with van der Waals surface area (Å²) >= 11 is 12.3. The van der Waals surface area contributed by atoms with E-state index in [0.717, 1.165) is 5.56 Å². The van der Waals surface area contributed by atoms with Gasteiger partial charge >= 0.3 is 0 Å². The van der Waals surface area contributed by atoms with Gasteiger partial charge in [0.2, 0.25) is 5.91 Å². The van der Waals surface area contributed by atoms with Gasteiger partial charge in [-0.15, -0.1) is 0 Å². The summed E-state index contributed by atoms with van der Waals surface area (Å²) in [6.07, 6.45) is 2.94. The number of aromatic nitrogens is 1. The lowest BCUT2D eigenvalue weighted by molar-refractivity contribution is -0.134. The Kier molecular flexibility index (Phi) is 10.0. The van der Waals surface area contributed by atoms with E-state index < -0.39 is 0 Å². The van der Waals surface area contributed by atoms with Gasteiger partial charge in [0.05, 0.1) is 29.1 Å². The van der Waals surface area contributed by atoms with Crippen LogP contribution >= 0.6 is 23.2 Å². The minimum absolute atomic E-state index is 0.0359. The number of anilines is 1. The van der Waals surface area contributed by atoms with E-state index in [9.17, 15) is 14.7 Å². The number of amides is 2. The Morgan fingerprint density at radius 1 is 1.18 bits per heavy atom. The van der Waals surface area contributed by atoms with E-state index in [1.54, 1.807) is 53.7 Å². The van der Waals surface area contributed by atoms with Gasteiger partial charge in [0.15, 0.2) is 0 Å². The van der Waals surface area contributed by atoms with Gasteiger partial charge in [-0.2, -0.15) is 0 Å². The third-order valence-corrected chi connectivity index (χ3v) is 7.78. The van der Waals surface area contributed by atoms with Crippen molar-refractivity contribution < 1.29 is 19.4 Å². The van der Waals surface area contributed by atoms with Crippen molar-refractivity contribution in [2.45, 2.75) is 39.0 Å². The normalized spacial score (nSPS) is 18.3. The van der Waals surface area contributed by atoms with Crippen LogP contribution in [0.2, 0.25) is 10.0 Å². The first-order valence-electron chi connectivity index (χ1n) is 13.2. The molecule has 4 rings (SSSR count). The number of rotatable bonds is 8. The SMILES string of the molecule is C[C@@H]1CN([C@H](C)CO)C(=O)Cc2cc(NC(=O)c3ccncc3)ccc2O[C@@H]1CN(C)Cc1ccc(Cl)c(Cl)c1. The molecule has 2 amide bonds. The minimum atomic E-state index is -0.347. The highest BCUT2D eigenvalue weighted by Gasteiger charge is 2.31. The highest BCUT2D eigenvalue weighted by molar-refractivity contribution is 6.42. The molecule has 8 nitrogen and oxygen atoms in total. The molecule has 0 spiro atoms. The smallest absolute Gasteiger partial charge is 0.255 e. The quantitative estimate of drug-likeness (QED) is 0.390. The van der Waals surface area contributed by atoms with Crippen molar-refractivity contribution in [2.75, 3.05) is 32.1 Å². The number of aliphatic hydroxyl groups is 1. The summed E-state index contributed by atoms with van der Waals surface area (Å²) in [6.45, 7) is 5.39. The summed E-state index contributed by atoms with van der Waals surface area (Å²) in [4.78, 5) is 34.0. The van der Waals surface area contributed by atoms with Crippen molar-refractivity contribution in [3.63, 3.8) is 0 Å². The molecule has 1 aromatic heterocycles. The molecule has 3 atom stereocenters. The average molecular weight is 586 g/mol. The zero-order valence-electron chi connectivity index (χ0n) is 22.8. The second-order valence-electron chi connectivity index (χ2n) is 10.3. The number of hydrogen-bond donors (Lipinski definition) is 2. The molecule has 2 heterocycles. The van der Waals surface area contributed by atoms with Crippen LogP contribution in [0.15, 0.2) is 60.9 Å². The molecule has 0 saturated carbocycles. The number of benzene rings is 2. The molecule has 2 N–H and O–H groups in total. The first-order valence-corrected chi connectivity index (χ1v) is 13.9. The Morgan fingerprint density at radius 3 is 2.62 bits per heavy atom. The van der Waals surface area contributed by atoms with Crippen molar-refractivity contribution in [2.24, 2.45) is 5.92 Å². The highest BCUT2D eigenvalue weighted by atomic mass is 35.5. The Hall–Kier alpha value is -3.17. The largest absolute Gasteiger partial charge is 0.488 e. The zero-order valence-corrected chi connectivity index (χ0v) is 24.3. The first-order chi connectivity index (χ1) is 19.1. The number of carbonyl (C=O) groups excluding carboxylic acids is 2. The number of halogens is 2. The van der Waals surface area contributed by atoms with Gasteiger partial charge in [0.1, 0.15) is 11.9 Å². The van der Waals surface area contributed by atoms with E-state index in [0.29, 0.717) is 52.2 Å². The third kappa shape index (κ3) is 7.52. The molecule has 0 radical (unpaired) electrons. The number of nitrogens with one attached hydrogen (secondary N) is 1. The minimum Gasteiger partial charge on any atom is -0.488 e. The van der Waals surface area contributed by atoms with Crippen LogP contribution in [0.4, 0.5) is 5.69 Å². The van der Waals surface area contributed by atoms with Gasteiger partial charge in [-0.1, -0.05) is 36.2 Å². The summed E-state index contributed by atoms with van der Waals surface area (Å²) in [6, 6.07) is 13.9. The Morgan fingerprint density at radius 2 is 1.93 bits per heavy atom. The number of pyridine rings is 1. The molecule has 0 saturated heterocycles. The average Bonchev–Trinajstić information content (AvgIpc) is 2.98. The molecular formula is C30H34Cl2N4O4. The molecule has 0 unspecified atom stereocenters. The van der Waals surface area contributed by atoms with Crippen molar-refractivity contribution >= 4 is 40.7 Å². The summed E-state index contributed by atoms with van der Waals surface area (Å²) in [5.41, 5.74) is 2.72. The van der Waals surface area contributed by atoms with Crippen LogP contribution in [0.25, 0.3) is 0 Å². The molecule has 40 heavy (non-hydrogen) atoms. The number of nitrogens with zero attached hydrogens (tertiary/aromatic N) is 3. The lowest BCUT2D eigenvalue weighted by Gasteiger charge is -2.34. The topological polar surface area (TPSA) is 95.0 Å². The predicted molar refractivity (Wildman–Crippen MR) is 157 cm³/mol. The van der Waals surface area contributed by atoms with Crippen LogP contribution in [0.5, 0.6) is 5.75 Å². The standard InChI is InChI=1S/C30H34Cl2N4O4/c1-19-15-36(20(2)18-37)29(38)14-23-13-24(34-30(39)22-8-10-33-11-9-22)5-7-27(23)40-28(19)17-35(3)16-21-4-6-25(31)26(32)12-21/h4-13,19-20,28,37H,14-18H2,1-3H3,(H,34,39)/t19-,20-,28-/m1/s1. The van der Waals surface area contributed by atoms with Crippen molar-refractivity contribution in [3.8, 4) is 5.75 Å². The lowest BCUT2D eigenvalue weighted by atomic mass is 10.0. The Bertz CT molecular complexity index is 1340. The van der Waals surface area contributed by atoms with Gasteiger partial charge in [0.25, 0.3) is 5.91 Å². The molecule has 0 aliphatic carbocycles. The molecule has 10 heteroatoms. The number of aliphatic hydroxyl groups excluding tert-OH is 1. The van der Waals surface area contributed by atoms with Crippen LogP contribution in [0.3, 0.4) is 0 Å². The maximum Gasteiger partial charge on any atom is 0.255 e. The molecule has 1 aliphatic heterocycles. The van der Waals surface area contributed by atoms with Crippen LogP contribution in [0, 0.1) is 5.92 Å². The van der Waals surface area contributed by atoms with E-state index in [2.05, 4.69) is 22.1 Å². The van der Waals surface area contributed by atoms with Gasteiger partial charge in [-0.25, -0.2) is 0 Å². The van der Waals surface area contributed by atoms with E-state index in [1.807, 2.05) is 26.1 Å². The molecule has 0 bridgehead atoms. The fourth-order valence-electron chi connectivity index (χ4n) is 4.75. The summed E-state index contributed by atoms with van der Waals surface area (Å²) < 4.78 is 6.58. The van der Waals surface area contributed by atoms with Gasteiger partial charge in [-0.05, 0) is 62.0 Å². The molecule has 1 aliphatic rings.